The molecule has 1 heterocycles. The number of benzene rings is 3. The third-order valence-corrected chi connectivity index (χ3v) is 6.56. The quantitative estimate of drug-likeness (QED) is 0.447. The average molecular weight is 455 g/mol. The number of ketones is 1. The van der Waals surface area contributed by atoms with Crippen molar-refractivity contribution in [1.29, 1.82) is 0 Å². The lowest BCUT2D eigenvalue weighted by atomic mass is 9.78. The Labute approximate surface area is 200 Å². The Morgan fingerprint density at radius 1 is 0.882 bits per heavy atom. The minimum atomic E-state index is -0.288. The minimum Gasteiger partial charge on any atom is -0.493 e. The summed E-state index contributed by atoms with van der Waals surface area (Å²) >= 11 is 0. The van der Waals surface area contributed by atoms with E-state index in [1.165, 1.54) is 5.56 Å². The molecule has 5 nitrogen and oxygen atoms in total. The Morgan fingerprint density at radius 3 is 2.41 bits per heavy atom. The summed E-state index contributed by atoms with van der Waals surface area (Å²) in [5.41, 5.74) is 5.90. The molecule has 0 bridgehead atoms. The van der Waals surface area contributed by atoms with Gasteiger partial charge in [-0.25, -0.2) is 0 Å². The second-order valence-electron chi connectivity index (χ2n) is 8.84. The summed E-state index contributed by atoms with van der Waals surface area (Å²) in [5.74, 6) is 1.71. The van der Waals surface area contributed by atoms with Crippen LogP contribution in [0.5, 0.6) is 11.5 Å². The molecule has 2 unspecified atom stereocenters. The number of Topliss-reactive ketones (excluding diaryl/α,β-unsaturated/α-hetero) is 1. The third kappa shape index (κ3) is 4.26. The number of hydrogen-bond donors (Lipinski definition) is 2. The molecule has 0 saturated carbocycles. The van der Waals surface area contributed by atoms with Crippen molar-refractivity contribution in [3.63, 3.8) is 0 Å². The van der Waals surface area contributed by atoms with Crippen molar-refractivity contribution in [1.82, 2.24) is 0 Å². The first kappa shape index (κ1) is 22.1. The molecule has 5 rings (SSSR count). The highest BCUT2D eigenvalue weighted by atomic mass is 16.5. The maximum absolute atomic E-state index is 13.7. The first-order chi connectivity index (χ1) is 16.7. The highest BCUT2D eigenvalue weighted by molar-refractivity contribution is 6.01. The predicted octanol–water partition coefficient (Wildman–Crippen LogP) is 6.46. The van der Waals surface area contributed by atoms with Gasteiger partial charge < -0.3 is 20.1 Å². The standard InChI is InChI=1S/C29H30N2O3/c1-3-15-34-26-14-13-20(18-27(26)33-2)29-28-24(30-22-11-7-8-12-23(22)31-29)16-21(17-25(28)32)19-9-5-4-6-10-19/h4-14,18,21,29-31H,3,15-17H2,1-2H3. The second kappa shape index (κ2) is 9.64. The van der Waals surface area contributed by atoms with Crippen LogP contribution in [0.3, 0.4) is 0 Å². The van der Waals surface area contributed by atoms with E-state index in [9.17, 15) is 4.79 Å². The molecule has 0 spiro atoms. The van der Waals surface area contributed by atoms with E-state index in [2.05, 4.69) is 29.7 Å². The zero-order valence-electron chi connectivity index (χ0n) is 19.6. The van der Waals surface area contributed by atoms with Gasteiger partial charge in [0.15, 0.2) is 17.3 Å². The SMILES string of the molecule is CCCOc1ccc(C2Nc3ccccc3NC3=C2C(=O)CC(c2ccccc2)C3)cc1OC. The zero-order chi connectivity index (χ0) is 23.5. The largest absolute Gasteiger partial charge is 0.493 e. The van der Waals surface area contributed by atoms with Crippen LogP contribution in [0.25, 0.3) is 0 Å². The van der Waals surface area contributed by atoms with Crippen LogP contribution in [0.1, 0.15) is 49.3 Å². The van der Waals surface area contributed by atoms with E-state index >= 15 is 0 Å². The number of carbonyl (C=O) groups excluding carboxylic acids is 1. The van der Waals surface area contributed by atoms with Gasteiger partial charge in [0.25, 0.3) is 0 Å². The summed E-state index contributed by atoms with van der Waals surface area (Å²) in [4.78, 5) is 13.7. The van der Waals surface area contributed by atoms with Crippen molar-refractivity contribution >= 4 is 17.2 Å². The molecule has 2 aliphatic rings. The molecule has 0 amide bonds. The monoisotopic (exact) mass is 454 g/mol. The van der Waals surface area contributed by atoms with E-state index in [0.717, 1.165) is 41.1 Å². The van der Waals surface area contributed by atoms with Crippen molar-refractivity contribution in [2.24, 2.45) is 0 Å². The molecule has 174 valence electrons. The van der Waals surface area contributed by atoms with Crippen LogP contribution in [0.2, 0.25) is 0 Å². The topological polar surface area (TPSA) is 59.6 Å². The maximum Gasteiger partial charge on any atom is 0.163 e. The van der Waals surface area contributed by atoms with E-state index in [1.54, 1.807) is 7.11 Å². The van der Waals surface area contributed by atoms with Gasteiger partial charge in [-0.2, -0.15) is 0 Å². The highest BCUT2D eigenvalue weighted by Gasteiger charge is 2.36. The Bertz CT molecular complexity index is 1220. The minimum absolute atomic E-state index is 0.158. The van der Waals surface area contributed by atoms with Crippen LogP contribution in [0, 0.1) is 0 Å². The van der Waals surface area contributed by atoms with E-state index in [1.807, 2.05) is 60.7 Å². The van der Waals surface area contributed by atoms with Crippen molar-refractivity contribution in [2.75, 3.05) is 24.4 Å². The number of nitrogens with one attached hydrogen (secondary N) is 2. The molecule has 1 aliphatic heterocycles. The number of para-hydroxylation sites is 2. The lowest BCUT2D eigenvalue weighted by molar-refractivity contribution is -0.116. The molecule has 0 aromatic heterocycles. The van der Waals surface area contributed by atoms with Gasteiger partial charge in [0, 0.05) is 17.7 Å². The zero-order valence-corrected chi connectivity index (χ0v) is 19.6. The van der Waals surface area contributed by atoms with E-state index in [4.69, 9.17) is 9.47 Å². The van der Waals surface area contributed by atoms with Crippen molar-refractivity contribution in [3.8, 4) is 11.5 Å². The van der Waals surface area contributed by atoms with E-state index < -0.39 is 0 Å². The summed E-state index contributed by atoms with van der Waals surface area (Å²) in [6.45, 7) is 2.70. The molecule has 2 N–H and O–H groups in total. The second-order valence-corrected chi connectivity index (χ2v) is 8.84. The molecule has 3 aromatic rings. The Balaban J connectivity index is 1.58. The number of allylic oxidation sites excluding steroid dienone is 1. The van der Waals surface area contributed by atoms with Crippen molar-refractivity contribution < 1.29 is 14.3 Å². The lowest BCUT2D eigenvalue weighted by Gasteiger charge is -2.30. The molecule has 0 radical (unpaired) electrons. The van der Waals surface area contributed by atoms with Gasteiger partial charge in [-0.05, 0) is 54.2 Å². The van der Waals surface area contributed by atoms with Crippen LogP contribution < -0.4 is 20.1 Å². The highest BCUT2D eigenvalue weighted by Crippen LogP contribution is 2.45. The molecule has 1 aliphatic carbocycles. The van der Waals surface area contributed by atoms with Crippen molar-refractivity contribution in [2.45, 2.75) is 38.1 Å². The van der Waals surface area contributed by atoms with Gasteiger partial charge in [-0.3, -0.25) is 4.79 Å². The van der Waals surface area contributed by atoms with E-state index in [0.29, 0.717) is 24.5 Å². The molecule has 5 heteroatoms. The average Bonchev–Trinajstić information content (AvgIpc) is 3.05. The fraction of sp³-hybridized carbons (Fsp3) is 0.276. The molecule has 2 atom stereocenters. The van der Waals surface area contributed by atoms with Gasteiger partial charge in [-0.15, -0.1) is 0 Å². The van der Waals surface area contributed by atoms with Crippen LogP contribution in [-0.2, 0) is 4.79 Å². The van der Waals surface area contributed by atoms with Crippen LogP contribution >= 0.6 is 0 Å². The molecule has 3 aromatic carbocycles. The summed E-state index contributed by atoms with van der Waals surface area (Å²) < 4.78 is 11.5. The predicted molar refractivity (Wildman–Crippen MR) is 136 cm³/mol. The van der Waals surface area contributed by atoms with Crippen LogP contribution in [0.4, 0.5) is 11.4 Å². The van der Waals surface area contributed by atoms with Gasteiger partial charge >= 0.3 is 0 Å². The van der Waals surface area contributed by atoms with Gasteiger partial charge in [-0.1, -0.05) is 55.5 Å². The van der Waals surface area contributed by atoms with Crippen molar-refractivity contribution in [3.05, 3.63) is 95.2 Å². The first-order valence-electron chi connectivity index (χ1n) is 11.9. The number of hydrogen-bond acceptors (Lipinski definition) is 5. The molecule has 0 saturated heterocycles. The van der Waals surface area contributed by atoms with Gasteiger partial charge in [0.2, 0.25) is 0 Å². The molecular formula is C29H30N2O3. The number of anilines is 2. The Morgan fingerprint density at radius 2 is 1.65 bits per heavy atom. The Kier molecular flexibility index (Phi) is 6.26. The maximum atomic E-state index is 13.7. The fourth-order valence-electron chi connectivity index (χ4n) is 4.90. The van der Waals surface area contributed by atoms with E-state index in [-0.39, 0.29) is 17.7 Å². The molecular weight excluding hydrogens is 424 g/mol. The number of fused-ring (bicyclic) bond motifs is 1. The summed E-state index contributed by atoms with van der Waals surface area (Å²) in [6.07, 6.45) is 2.20. The summed E-state index contributed by atoms with van der Waals surface area (Å²) in [6, 6.07) is 24.1. The smallest absolute Gasteiger partial charge is 0.163 e. The van der Waals surface area contributed by atoms with Gasteiger partial charge in [0.05, 0.1) is 31.1 Å². The summed E-state index contributed by atoms with van der Waals surface area (Å²) in [5, 5.41) is 7.24. The third-order valence-electron chi connectivity index (χ3n) is 6.56. The molecule has 34 heavy (non-hydrogen) atoms. The lowest BCUT2D eigenvalue weighted by Crippen LogP contribution is -2.26. The molecule has 0 fully saturated rings. The normalized spacial score (nSPS) is 19.3. The van der Waals surface area contributed by atoms with Crippen LogP contribution in [0.15, 0.2) is 84.1 Å². The fourth-order valence-corrected chi connectivity index (χ4v) is 4.90. The van der Waals surface area contributed by atoms with Gasteiger partial charge in [0.1, 0.15) is 0 Å². The summed E-state index contributed by atoms with van der Waals surface area (Å²) in [7, 11) is 1.65. The number of ether oxygens (including phenoxy) is 2. The number of rotatable bonds is 6. The number of carbonyl (C=O) groups is 1. The Hall–Kier alpha value is -3.73. The number of methoxy groups -OCH3 is 1. The first-order valence-corrected chi connectivity index (χ1v) is 11.9. The van der Waals surface area contributed by atoms with Crippen LogP contribution in [-0.4, -0.2) is 19.5 Å².